The molecule has 0 amide bonds. The van der Waals surface area contributed by atoms with E-state index in [1.165, 1.54) is 6.07 Å². The van der Waals surface area contributed by atoms with Gasteiger partial charge in [0.15, 0.2) is 0 Å². The highest BCUT2D eigenvalue weighted by atomic mass is 19.1. The predicted octanol–water partition coefficient (Wildman–Crippen LogP) is 1.92. The number of aliphatic carboxylic acids is 1. The van der Waals surface area contributed by atoms with Gasteiger partial charge in [-0.25, -0.2) is 0 Å². The van der Waals surface area contributed by atoms with E-state index in [4.69, 9.17) is 5.11 Å². The highest BCUT2D eigenvalue weighted by molar-refractivity contribution is 5.75. The minimum atomic E-state index is -0.918. The van der Waals surface area contributed by atoms with E-state index >= 15 is 0 Å². The van der Waals surface area contributed by atoms with Crippen molar-refractivity contribution in [3.63, 3.8) is 0 Å². The topological polar surface area (TPSA) is 80.4 Å². The highest BCUT2D eigenvalue weighted by Crippen LogP contribution is 2.48. The van der Waals surface area contributed by atoms with Crippen LogP contribution < -0.4 is 0 Å². The van der Waals surface area contributed by atoms with E-state index in [9.17, 15) is 19.3 Å². The lowest BCUT2D eigenvalue weighted by atomic mass is 10.1. The zero-order valence-electron chi connectivity index (χ0n) is 8.09. The molecule has 0 aliphatic heterocycles. The molecule has 0 heterocycles. The van der Waals surface area contributed by atoms with Crippen LogP contribution in [0.2, 0.25) is 0 Å². The number of nitro groups is 1. The van der Waals surface area contributed by atoms with Crippen LogP contribution in [-0.4, -0.2) is 16.0 Å². The van der Waals surface area contributed by atoms with Crippen LogP contribution in [0.5, 0.6) is 0 Å². The van der Waals surface area contributed by atoms with Crippen LogP contribution in [0, 0.1) is 21.8 Å². The lowest BCUT2D eigenvalue weighted by molar-refractivity contribution is -0.387. The standard InChI is InChI=1S/C10H8FNO4/c11-8-3-5(1-2-9(8)12(15)16)6-4-7(6)10(13)14/h1-3,6-7H,4H2,(H,13,14). The Hall–Kier alpha value is -1.98. The number of carboxylic acid groups (broad SMARTS) is 1. The zero-order chi connectivity index (χ0) is 11.9. The van der Waals surface area contributed by atoms with Gasteiger partial charge in [0.05, 0.1) is 10.8 Å². The predicted molar refractivity (Wildman–Crippen MR) is 51.5 cm³/mol. The number of nitro benzene ring substituents is 1. The van der Waals surface area contributed by atoms with Crippen molar-refractivity contribution in [1.29, 1.82) is 0 Å². The molecule has 2 unspecified atom stereocenters. The second-order valence-corrected chi connectivity index (χ2v) is 3.75. The van der Waals surface area contributed by atoms with E-state index in [0.717, 1.165) is 12.1 Å². The quantitative estimate of drug-likeness (QED) is 0.629. The van der Waals surface area contributed by atoms with Crippen molar-refractivity contribution in [2.24, 2.45) is 5.92 Å². The third kappa shape index (κ3) is 1.73. The summed E-state index contributed by atoms with van der Waals surface area (Å²) >= 11 is 0. The summed E-state index contributed by atoms with van der Waals surface area (Å²) in [6.07, 6.45) is 0.465. The van der Waals surface area contributed by atoms with Crippen molar-refractivity contribution in [1.82, 2.24) is 0 Å². The van der Waals surface area contributed by atoms with Gasteiger partial charge in [-0.05, 0) is 24.0 Å². The summed E-state index contributed by atoms with van der Waals surface area (Å²) in [5.74, 6) is -2.53. The Bertz CT molecular complexity index is 474. The molecule has 2 atom stereocenters. The Labute approximate surface area is 89.7 Å². The van der Waals surface area contributed by atoms with Gasteiger partial charge in [0.2, 0.25) is 5.82 Å². The molecule has 0 radical (unpaired) electrons. The molecular formula is C10H8FNO4. The molecule has 1 fully saturated rings. The second kappa shape index (κ2) is 3.55. The summed E-state index contributed by atoms with van der Waals surface area (Å²) in [4.78, 5) is 20.2. The number of carboxylic acids is 1. The first-order valence-electron chi connectivity index (χ1n) is 4.67. The number of carbonyl (C=O) groups is 1. The van der Waals surface area contributed by atoms with Crippen molar-refractivity contribution in [2.75, 3.05) is 0 Å². The molecule has 0 saturated heterocycles. The maximum atomic E-state index is 13.2. The monoisotopic (exact) mass is 225 g/mol. The van der Waals surface area contributed by atoms with Crippen molar-refractivity contribution in [3.8, 4) is 0 Å². The van der Waals surface area contributed by atoms with Crippen LogP contribution in [-0.2, 0) is 4.79 Å². The molecule has 0 bridgehead atoms. The lowest BCUT2D eigenvalue weighted by Crippen LogP contribution is -1.99. The van der Waals surface area contributed by atoms with Gasteiger partial charge in [-0.2, -0.15) is 4.39 Å². The Morgan fingerprint density at radius 1 is 1.56 bits per heavy atom. The molecule has 0 spiro atoms. The van der Waals surface area contributed by atoms with Gasteiger partial charge in [-0.15, -0.1) is 0 Å². The van der Waals surface area contributed by atoms with Crippen LogP contribution >= 0.6 is 0 Å². The summed E-state index contributed by atoms with van der Waals surface area (Å²) in [5.41, 5.74) is -0.0771. The fourth-order valence-electron chi connectivity index (χ4n) is 1.74. The Balaban J connectivity index is 2.23. The van der Waals surface area contributed by atoms with Gasteiger partial charge < -0.3 is 5.11 Å². The molecule has 0 aromatic heterocycles. The molecule has 1 aromatic rings. The maximum Gasteiger partial charge on any atom is 0.307 e. The van der Waals surface area contributed by atoms with Gasteiger partial charge in [0, 0.05) is 6.07 Å². The van der Waals surface area contributed by atoms with Crippen LogP contribution in [0.3, 0.4) is 0 Å². The zero-order valence-corrected chi connectivity index (χ0v) is 8.09. The summed E-state index contributed by atoms with van der Waals surface area (Å²) in [7, 11) is 0. The summed E-state index contributed by atoms with van der Waals surface area (Å²) in [6.45, 7) is 0. The van der Waals surface area contributed by atoms with Gasteiger partial charge in [0.25, 0.3) is 0 Å². The van der Waals surface area contributed by atoms with Crippen LogP contribution in [0.25, 0.3) is 0 Å². The third-order valence-corrected chi connectivity index (χ3v) is 2.70. The molecule has 1 aliphatic carbocycles. The first-order valence-corrected chi connectivity index (χ1v) is 4.67. The molecule has 1 aliphatic rings. The van der Waals surface area contributed by atoms with E-state index in [-0.39, 0.29) is 5.92 Å². The molecule has 1 aromatic carbocycles. The number of nitrogens with zero attached hydrogens (tertiary/aromatic N) is 1. The lowest BCUT2D eigenvalue weighted by Gasteiger charge is -1.99. The van der Waals surface area contributed by atoms with Crippen LogP contribution in [0.1, 0.15) is 17.9 Å². The smallest absolute Gasteiger partial charge is 0.307 e. The largest absolute Gasteiger partial charge is 0.481 e. The summed E-state index contributed by atoms with van der Waals surface area (Å²) in [6, 6.07) is 3.53. The van der Waals surface area contributed by atoms with Gasteiger partial charge in [0.1, 0.15) is 0 Å². The molecule has 1 saturated carbocycles. The average molecular weight is 225 g/mol. The van der Waals surface area contributed by atoms with E-state index in [0.29, 0.717) is 12.0 Å². The Kier molecular flexibility index (Phi) is 2.34. The van der Waals surface area contributed by atoms with Crippen molar-refractivity contribution in [2.45, 2.75) is 12.3 Å². The molecular weight excluding hydrogens is 217 g/mol. The van der Waals surface area contributed by atoms with Crippen molar-refractivity contribution >= 4 is 11.7 Å². The molecule has 16 heavy (non-hydrogen) atoms. The normalized spacial score (nSPS) is 22.8. The fourth-order valence-corrected chi connectivity index (χ4v) is 1.74. The summed E-state index contributed by atoms with van der Waals surface area (Å²) < 4.78 is 13.2. The number of benzene rings is 1. The third-order valence-electron chi connectivity index (χ3n) is 2.70. The Morgan fingerprint density at radius 3 is 2.69 bits per heavy atom. The molecule has 2 rings (SSSR count). The van der Waals surface area contributed by atoms with Crippen LogP contribution in [0.4, 0.5) is 10.1 Å². The van der Waals surface area contributed by atoms with E-state index in [1.54, 1.807) is 0 Å². The van der Waals surface area contributed by atoms with E-state index < -0.39 is 28.3 Å². The summed E-state index contributed by atoms with van der Waals surface area (Å²) in [5, 5.41) is 19.1. The second-order valence-electron chi connectivity index (χ2n) is 3.75. The van der Waals surface area contributed by atoms with Gasteiger partial charge >= 0.3 is 11.7 Å². The Morgan fingerprint density at radius 2 is 2.25 bits per heavy atom. The average Bonchev–Trinajstić information content (AvgIpc) is 2.96. The number of halogens is 1. The number of hydrogen-bond acceptors (Lipinski definition) is 3. The fraction of sp³-hybridized carbons (Fsp3) is 0.300. The number of rotatable bonds is 3. The SMILES string of the molecule is O=C(O)C1CC1c1ccc([N+](=O)[O-])c(F)c1. The van der Waals surface area contributed by atoms with Crippen molar-refractivity contribution < 1.29 is 19.2 Å². The van der Waals surface area contributed by atoms with Crippen molar-refractivity contribution in [3.05, 3.63) is 39.7 Å². The van der Waals surface area contributed by atoms with Gasteiger partial charge in [-0.3, -0.25) is 14.9 Å². The first kappa shape index (κ1) is 10.5. The first-order chi connectivity index (χ1) is 7.50. The van der Waals surface area contributed by atoms with E-state index in [2.05, 4.69) is 0 Å². The van der Waals surface area contributed by atoms with Gasteiger partial charge in [-0.1, -0.05) is 6.07 Å². The molecule has 1 N–H and O–H groups in total. The highest BCUT2D eigenvalue weighted by Gasteiger charge is 2.44. The van der Waals surface area contributed by atoms with E-state index in [1.807, 2.05) is 0 Å². The van der Waals surface area contributed by atoms with Crippen LogP contribution in [0.15, 0.2) is 18.2 Å². The molecule has 5 nitrogen and oxygen atoms in total. The molecule has 6 heteroatoms. The number of hydrogen-bond donors (Lipinski definition) is 1. The maximum absolute atomic E-state index is 13.2. The molecule has 84 valence electrons. The minimum Gasteiger partial charge on any atom is -0.481 e. The minimum absolute atomic E-state index is 0.215.